The van der Waals surface area contributed by atoms with Gasteiger partial charge in [0.05, 0.1) is 4.92 Å². The van der Waals surface area contributed by atoms with E-state index in [1.54, 1.807) is 12.1 Å². The molecule has 1 aromatic carbocycles. The molecule has 0 spiro atoms. The highest BCUT2D eigenvalue weighted by molar-refractivity contribution is 5.34. The molecule has 84 valence electrons. The van der Waals surface area contributed by atoms with Crippen LogP contribution in [-0.2, 0) is 0 Å². The molecule has 0 amide bonds. The number of nitro benzene ring substituents is 1. The molecule has 0 bridgehead atoms. The fourth-order valence-corrected chi connectivity index (χ4v) is 1.75. The van der Waals surface area contributed by atoms with Crippen LogP contribution in [0.15, 0.2) is 24.3 Å². The van der Waals surface area contributed by atoms with Crippen LogP contribution >= 0.6 is 0 Å². The monoisotopic (exact) mass is 217 g/mol. The molecule has 0 saturated carbocycles. The molecule has 1 atom stereocenters. The Morgan fingerprint density at radius 1 is 1.44 bits per heavy atom. The van der Waals surface area contributed by atoms with Gasteiger partial charge in [-0.1, -0.05) is 25.5 Å². The van der Waals surface area contributed by atoms with Crippen molar-refractivity contribution in [1.82, 2.24) is 0 Å². The number of rotatable bonds is 5. The van der Waals surface area contributed by atoms with Crippen LogP contribution in [0.2, 0.25) is 0 Å². The van der Waals surface area contributed by atoms with E-state index in [1.807, 2.05) is 0 Å². The number of terminal acetylenes is 1. The van der Waals surface area contributed by atoms with E-state index in [0.29, 0.717) is 12.3 Å². The van der Waals surface area contributed by atoms with Crippen molar-refractivity contribution in [3.05, 3.63) is 39.9 Å². The molecule has 1 aromatic rings. The average molecular weight is 217 g/mol. The summed E-state index contributed by atoms with van der Waals surface area (Å²) in [5.74, 6) is 2.97. The number of nitrogens with zero attached hydrogens (tertiary/aromatic N) is 1. The maximum Gasteiger partial charge on any atom is 0.269 e. The second-order valence-electron chi connectivity index (χ2n) is 3.74. The highest BCUT2D eigenvalue weighted by atomic mass is 16.6. The summed E-state index contributed by atoms with van der Waals surface area (Å²) in [6.07, 6.45) is 8.08. The maximum absolute atomic E-state index is 10.5. The van der Waals surface area contributed by atoms with Crippen molar-refractivity contribution in [2.24, 2.45) is 0 Å². The minimum Gasteiger partial charge on any atom is -0.258 e. The summed E-state index contributed by atoms with van der Waals surface area (Å²) < 4.78 is 0. The maximum atomic E-state index is 10.5. The molecule has 3 heteroatoms. The van der Waals surface area contributed by atoms with Crippen molar-refractivity contribution < 1.29 is 4.92 Å². The third-order valence-electron chi connectivity index (χ3n) is 2.58. The summed E-state index contributed by atoms with van der Waals surface area (Å²) in [6, 6.07) is 6.68. The Kier molecular flexibility index (Phi) is 4.53. The molecule has 0 N–H and O–H groups in total. The van der Waals surface area contributed by atoms with Gasteiger partial charge in [0.2, 0.25) is 0 Å². The number of benzene rings is 1. The molecule has 0 fully saturated rings. The van der Waals surface area contributed by atoms with E-state index in [-0.39, 0.29) is 10.6 Å². The molecule has 1 rings (SSSR count). The number of non-ortho nitro benzene ring substituents is 1. The summed E-state index contributed by atoms with van der Waals surface area (Å²) in [5, 5.41) is 10.5. The van der Waals surface area contributed by atoms with E-state index in [4.69, 9.17) is 6.42 Å². The molecular weight excluding hydrogens is 202 g/mol. The summed E-state index contributed by atoms with van der Waals surface area (Å²) >= 11 is 0. The first-order valence-corrected chi connectivity index (χ1v) is 5.36. The van der Waals surface area contributed by atoms with Gasteiger partial charge in [0.15, 0.2) is 0 Å². The summed E-state index contributed by atoms with van der Waals surface area (Å²) in [4.78, 5) is 10.1. The van der Waals surface area contributed by atoms with Gasteiger partial charge in [0.1, 0.15) is 0 Å². The van der Waals surface area contributed by atoms with Crippen molar-refractivity contribution in [3.8, 4) is 12.3 Å². The second-order valence-corrected chi connectivity index (χ2v) is 3.74. The minimum absolute atomic E-state index is 0.125. The number of hydrogen-bond acceptors (Lipinski definition) is 2. The van der Waals surface area contributed by atoms with E-state index < -0.39 is 0 Å². The van der Waals surface area contributed by atoms with E-state index in [9.17, 15) is 10.1 Å². The van der Waals surface area contributed by atoms with Crippen molar-refractivity contribution in [2.45, 2.75) is 32.1 Å². The average Bonchev–Trinajstić information content (AvgIpc) is 2.29. The molecule has 0 heterocycles. The Hall–Kier alpha value is -1.82. The SMILES string of the molecule is C#CCC(CCC)c1ccc([N+](=O)[O-])cc1. The lowest BCUT2D eigenvalue weighted by Crippen LogP contribution is -1.98. The molecule has 0 aromatic heterocycles. The Balaban J connectivity index is 2.85. The minimum atomic E-state index is -0.389. The Morgan fingerprint density at radius 3 is 2.50 bits per heavy atom. The number of nitro groups is 1. The van der Waals surface area contributed by atoms with Crippen LogP contribution in [0.1, 0.15) is 37.7 Å². The van der Waals surface area contributed by atoms with Gasteiger partial charge in [-0.25, -0.2) is 0 Å². The standard InChI is InChI=1S/C13H15NO2/c1-3-5-11(6-4-2)12-7-9-13(10-8-12)14(15)16/h1,7-11H,4-6H2,2H3. The van der Waals surface area contributed by atoms with Gasteiger partial charge in [-0.2, -0.15) is 0 Å². The largest absolute Gasteiger partial charge is 0.269 e. The van der Waals surface area contributed by atoms with Crippen molar-refractivity contribution in [2.75, 3.05) is 0 Å². The lowest BCUT2D eigenvalue weighted by atomic mass is 9.92. The predicted octanol–water partition coefficient (Wildman–Crippen LogP) is 3.50. The quantitative estimate of drug-likeness (QED) is 0.430. The van der Waals surface area contributed by atoms with Gasteiger partial charge in [-0.15, -0.1) is 12.3 Å². The number of hydrogen-bond donors (Lipinski definition) is 0. The molecule has 3 nitrogen and oxygen atoms in total. The van der Waals surface area contributed by atoms with Crippen LogP contribution in [0.25, 0.3) is 0 Å². The van der Waals surface area contributed by atoms with Gasteiger partial charge in [-0.3, -0.25) is 10.1 Å². The smallest absolute Gasteiger partial charge is 0.258 e. The highest BCUT2D eigenvalue weighted by Crippen LogP contribution is 2.26. The Labute approximate surface area is 95.6 Å². The first-order valence-electron chi connectivity index (χ1n) is 5.36. The van der Waals surface area contributed by atoms with Crippen LogP contribution in [0.4, 0.5) is 5.69 Å². The Morgan fingerprint density at radius 2 is 2.06 bits per heavy atom. The first-order chi connectivity index (χ1) is 7.69. The molecule has 0 radical (unpaired) electrons. The van der Waals surface area contributed by atoms with Crippen LogP contribution in [0.3, 0.4) is 0 Å². The van der Waals surface area contributed by atoms with E-state index >= 15 is 0 Å². The van der Waals surface area contributed by atoms with Gasteiger partial charge in [-0.05, 0) is 17.9 Å². The zero-order valence-corrected chi connectivity index (χ0v) is 9.35. The molecule has 0 aliphatic heterocycles. The third-order valence-corrected chi connectivity index (χ3v) is 2.58. The molecule has 16 heavy (non-hydrogen) atoms. The Bertz CT molecular complexity index is 389. The fourth-order valence-electron chi connectivity index (χ4n) is 1.75. The van der Waals surface area contributed by atoms with E-state index in [0.717, 1.165) is 18.4 Å². The normalized spacial score (nSPS) is 11.8. The molecule has 0 saturated heterocycles. The van der Waals surface area contributed by atoms with E-state index in [2.05, 4.69) is 12.8 Å². The van der Waals surface area contributed by atoms with Crippen molar-refractivity contribution in [1.29, 1.82) is 0 Å². The van der Waals surface area contributed by atoms with Crippen LogP contribution < -0.4 is 0 Å². The summed E-state index contributed by atoms with van der Waals surface area (Å²) in [6.45, 7) is 2.11. The topological polar surface area (TPSA) is 43.1 Å². The zero-order chi connectivity index (χ0) is 12.0. The molecule has 1 unspecified atom stereocenters. The summed E-state index contributed by atoms with van der Waals surface area (Å²) in [5.41, 5.74) is 1.21. The first kappa shape index (κ1) is 12.3. The van der Waals surface area contributed by atoms with Gasteiger partial charge in [0, 0.05) is 18.6 Å². The highest BCUT2D eigenvalue weighted by Gasteiger charge is 2.11. The molecule has 0 aliphatic rings. The van der Waals surface area contributed by atoms with Crippen LogP contribution in [0, 0.1) is 22.5 Å². The summed E-state index contributed by atoms with van der Waals surface area (Å²) in [7, 11) is 0. The van der Waals surface area contributed by atoms with Crippen LogP contribution in [0.5, 0.6) is 0 Å². The second kappa shape index (κ2) is 5.92. The molecular formula is C13H15NO2. The van der Waals surface area contributed by atoms with Gasteiger partial charge in [0.25, 0.3) is 5.69 Å². The van der Waals surface area contributed by atoms with E-state index in [1.165, 1.54) is 12.1 Å². The van der Waals surface area contributed by atoms with Crippen molar-refractivity contribution in [3.63, 3.8) is 0 Å². The van der Waals surface area contributed by atoms with Crippen molar-refractivity contribution >= 4 is 5.69 Å². The van der Waals surface area contributed by atoms with Crippen LogP contribution in [-0.4, -0.2) is 4.92 Å². The lowest BCUT2D eigenvalue weighted by molar-refractivity contribution is -0.384. The molecule has 0 aliphatic carbocycles. The third kappa shape index (κ3) is 3.09. The lowest BCUT2D eigenvalue weighted by Gasteiger charge is -2.13. The van der Waals surface area contributed by atoms with Gasteiger partial charge >= 0.3 is 0 Å². The fraction of sp³-hybridized carbons (Fsp3) is 0.385. The zero-order valence-electron chi connectivity index (χ0n) is 9.35. The predicted molar refractivity (Wildman–Crippen MR) is 64.2 cm³/mol. The van der Waals surface area contributed by atoms with Gasteiger partial charge < -0.3 is 0 Å².